The largest absolute Gasteiger partial charge is 0.339 e. The third kappa shape index (κ3) is 3.31. The van der Waals surface area contributed by atoms with Crippen molar-refractivity contribution in [1.82, 2.24) is 9.88 Å². The van der Waals surface area contributed by atoms with Crippen LogP contribution in [-0.4, -0.2) is 41.3 Å². The number of aromatic nitrogens is 1. The predicted molar refractivity (Wildman–Crippen MR) is 98.0 cm³/mol. The van der Waals surface area contributed by atoms with Crippen molar-refractivity contribution < 1.29 is 9.59 Å². The zero-order chi connectivity index (χ0) is 17.2. The monoisotopic (exact) mass is 355 g/mol. The number of thiazole rings is 1. The molecule has 2 saturated heterocycles. The number of likely N-dealkylation sites (tertiary alicyclic amines) is 1. The summed E-state index contributed by atoms with van der Waals surface area (Å²) in [6, 6.07) is 7.49. The van der Waals surface area contributed by atoms with Gasteiger partial charge < -0.3 is 9.80 Å². The molecule has 1 aromatic carbocycles. The number of piperidine rings is 1. The highest BCUT2D eigenvalue weighted by Gasteiger charge is 2.27. The number of hydrogen-bond acceptors (Lipinski definition) is 4. The van der Waals surface area contributed by atoms with Gasteiger partial charge in [-0.3, -0.25) is 9.59 Å². The molecule has 2 fully saturated rings. The fourth-order valence-electron chi connectivity index (χ4n) is 3.68. The van der Waals surface area contributed by atoms with E-state index in [0.717, 1.165) is 44.6 Å². The Kier molecular flexibility index (Phi) is 4.53. The van der Waals surface area contributed by atoms with E-state index in [1.54, 1.807) is 16.2 Å². The average molecular weight is 355 g/mol. The fraction of sp³-hybridized carbons (Fsp3) is 0.421. The predicted octanol–water partition coefficient (Wildman–Crippen LogP) is 3.29. The van der Waals surface area contributed by atoms with Crippen molar-refractivity contribution in [3.63, 3.8) is 0 Å². The first-order chi connectivity index (χ1) is 12.2. The second-order valence-corrected chi connectivity index (χ2v) is 7.56. The molecular formula is C19H21N3O2S. The van der Waals surface area contributed by atoms with Gasteiger partial charge in [0, 0.05) is 54.8 Å². The molecule has 130 valence electrons. The van der Waals surface area contributed by atoms with Gasteiger partial charge >= 0.3 is 0 Å². The van der Waals surface area contributed by atoms with Crippen molar-refractivity contribution in [1.29, 1.82) is 0 Å². The zero-order valence-corrected chi connectivity index (χ0v) is 14.9. The van der Waals surface area contributed by atoms with Crippen LogP contribution < -0.4 is 4.90 Å². The maximum Gasteiger partial charge on any atom is 0.253 e. The molecule has 0 saturated carbocycles. The number of benzene rings is 1. The van der Waals surface area contributed by atoms with E-state index < -0.39 is 0 Å². The molecule has 0 atom stereocenters. The summed E-state index contributed by atoms with van der Waals surface area (Å²) in [6.45, 7) is 2.27. The van der Waals surface area contributed by atoms with Gasteiger partial charge in [0.1, 0.15) is 0 Å². The molecule has 3 heterocycles. The molecule has 2 aromatic rings. The van der Waals surface area contributed by atoms with Gasteiger partial charge in [-0.25, -0.2) is 4.98 Å². The molecule has 0 bridgehead atoms. The van der Waals surface area contributed by atoms with Gasteiger partial charge in [-0.2, -0.15) is 0 Å². The van der Waals surface area contributed by atoms with Crippen LogP contribution in [0.2, 0.25) is 0 Å². The maximum absolute atomic E-state index is 12.9. The van der Waals surface area contributed by atoms with Crippen molar-refractivity contribution in [2.24, 2.45) is 0 Å². The minimum absolute atomic E-state index is 0.0612. The Morgan fingerprint density at radius 3 is 2.72 bits per heavy atom. The van der Waals surface area contributed by atoms with Crippen molar-refractivity contribution >= 4 is 28.8 Å². The zero-order valence-electron chi connectivity index (χ0n) is 14.1. The van der Waals surface area contributed by atoms with E-state index in [1.165, 1.54) is 5.01 Å². The molecule has 0 unspecified atom stereocenters. The minimum Gasteiger partial charge on any atom is -0.339 e. The van der Waals surface area contributed by atoms with E-state index in [4.69, 9.17) is 0 Å². The van der Waals surface area contributed by atoms with Crippen molar-refractivity contribution in [2.75, 3.05) is 24.5 Å². The van der Waals surface area contributed by atoms with Crippen LogP contribution in [-0.2, 0) is 4.79 Å². The summed E-state index contributed by atoms with van der Waals surface area (Å²) in [5.74, 6) is 0.678. The lowest BCUT2D eigenvalue weighted by Crippen LogP contribution is -2.38. The normalized spacial score (nSPS) is 18.8. The Morgan fingerprint density at radius 1 is 1.20 bits per heavy atom. The lowest BCUT2D eigenvalue weighted by Gasteiger charge is -2.31. The molecule has 1 aromatic heterocycles. The number of rotatable bonds is 3. The van der Waals surface area contributed by atoms with Gasteiger partial charge in [0.15, 0.2) is 0 Å². The lowest BCUT2D eigenvalue weighted by atomic mass is 9.97. The second kappa shape index (κ2) is 6.96. The molecule has 4 rings (SSSR count). The van der Waals surface area contributed by atoms with Gasteiger partial charge in [-0.05, 0) is 37.5 Å². The molecule has 2 aliphatic rings. The van der Waals surface area contributed by atoms with Crippen LogP contribution in [0.1, 0.15) is 47.0 Å². The maximum atomic E-state index is 12.9. The second-order valence-electron chi connectivity index (χ2n) is 6.64. The van der Waals surface area contributed by atoms with Crippen LogP contribution in [0.15, 0.2) is 35.8 Å². The standard InChI is InChI=1S/C19H21N3O2S/c23-17-5-2-9-22(17)16-4-1-3-15(13-16)19(24)21-10-6-14(7-11-21)18-20-8-12-25-18/h1,3-4,8,12-14H,2,5-7,9-11H2. The van der Waals surface area contributed by atoms with E-state index >= 15 is 0 Å². The first kappa shape index (κ1) is 16.3. The highest BCUT2D eigenvalue weighted by molar-refractivity contribution is 7.09. The van der Waals surface area contributed by atoms with Gasteiger partial charge in [-0.1, -0.05) is 6.07 Å². The number of nitrogens with zero attached hydrogens (tertiary/aromatic N) is 3. The summed E-state index contributed by atoms with van der Waals surface area (Å²) in [6.07, 6.45) is 5.26. The molecule has 25 heavy (non-hydrogen) atoms. The summed E-state index contributed by atoms with van der Waals surface area (Å²) in [7, 11) is 0. The Morgan fingerprint density at radius 2 is 2.04 bits per heavy atom. The van der Waals surface area contributed by atoms with E-state index in [-0.39, 0.29) is 11.8 Å². The number of anilines is 1. The van der Waals surface area contributed by atoms with Crippen LogP contribution in [0, 0.1) is 0 Å². The van der Waals surface area contributed by atoms with Crippen molar-refractivity contribution in [3.8, 4) is 0 Å². The molecule has 0 aliphatic carbocycles. The molecule has 0 N–H and O–H groups in total. The highest BCUT2D eigenvalue weighted by Crippen LogP contribution is 2.30. The molecular weight excluding hydrogens is 334 g/mol. The van der Waals surface area contributed by atoms with Crippen molar-refractivity contribution in [2.45, 2.75) is 31.6 Å². The van der Waals surface area contributed by atoms with Crippen LogP contribution in [0.25, 0.3) is 0 Å². The molecule has 2 aliphatic heterocycles. The van der Waals surface area contributed by atoms with Crippen molar-refractivity contribution in [3.05, 3.63) is 46.4 Å². The minimum atomic E-state index is 0.0612. The molecule has 6 heteroatoms. The molecule has 5 nitrogen and oxygen atoms in total. The van der Waals surface area contributed by atoms with Crippen LogP contribution in [0.4, 0.5) is 5.69 Å². The van der Waals surface area contributed by atoms with E-state index in [0.29, 0.717) is 17.9 Å². The summed E-state index contributed by atoms with van der Waals surface area (Å²) in [4.78, 5) is 32.9. The summed E-state index contributed by atoms with van der Waals surface area (Å²) < 4.78 is 0. The Labute approximate surface area is 151 Å². The van der Waals surface area contributed by atoms with Gasteiger partial charge in [-0.15, -0.1) is 11.3 Å². The van der Waals surface area contributed by atoms with E-state index in [1.807, 2.05) is 40.7 Å². The topological polar surface area (TPSA) is 53.5 Å². The van der Waals surface area contributed by atoms with Crippen LogP contribution >= 0.6 is 11.3 Å². The van der Waals surface area contributed by atoms with Crippen LogP contribution in [0.5, 0.6) is 0 Å². The first-order valence-electron chi connectivity index (χ1n) is 8.81. The highest BCUT2D eigenvalue weighted by atomic mass is 32.1. The number of hydrogen-bond donors (Lipinski definition) is 0. The Bertz CT molecular complexity index is 767. The van der Waals surface area contributed by atoms with Crippen LogP contribution in [0.3, 0.4) is 0 Å². The third-order valence-electron chi connectivity index (χ3n) is 5.06. The van der Waals surface area contributed by atoms with Gasteiger partial charge in [0.2, 0.25) is 5.91 Å². The summed E-state index contributed by atoms with van der Waals surface area (Å²) >= 11 is 1.70. The number of carbonyl (C=O) groups excluding carboxylic acids is 2. The summed E-state index contributed by atoms with van der Waals surface area (Å²) in [5, 5.41) is 3.19. The molecule has 0 radical (unpaired) electrons. The SMILES string of the molecule is O=C(c1cccc(N2CCCC2=O)c1)N1CCC(c2nccs2)CC1. The first-order valence-corrected chi connectivity index (χ1v) is 9.69. The summed E-state index contributed by atoms with van der Waals surface area (Å²) in [5.41, 5.74) is 1.51. The van der Waals surface area contributed by atoms with E-state index in [9.17, 15) is 9.59 Å². The third-order valence-corrected chi connectivity index (χ3v) is 6.00. The number of amides is 2. The molecule has 0 spiro atoms. The lowest BCUT2D eigenvalue weighted by molar-refractivity contribution is -0.117. The smallest absolute Gasteiger partial charge is 0.253 e. The number of carbonyl (C=O) groups is 2. The Hall–Kier alpha value is -2.21. The average Bonchev–Trinajstić information content (AvgIpc) is 3.33. The van der Waals surface area contributed by atoms with E-state index in [2.05, 4.69) is 4.98 Å². The fourth-order valence-corrected chi connectivity index (χ4v) is 4.49. The van der Waals surface area contributed by atoms with Gasteiger partial charge in [0.25, 0.3) is 5.91 Å². The quantitative estimate of drug-likeness (QED) is 0.849. The van der Waals surface area contributed by atoms with Gasteiger partial charge in [0.05, 0.1) is 5.01 Å². The molecule has 2 amide bonds. The Balaban J connectivity index is 1.44.